The van der Waals surface area contributed by atoms with Gasteiger partial charge in [0.25, 0.3) is 0 Å². The number of rotatable bonds is 6. The number of Topliss-reactive ketones (excluding diaryl/α,β-unsaturated/α-hetero) is 1. The number of carbonyl (C=O) groups excluding carboxylic acids is 1. The van der Waals surface area contributed by atoms with Gasteiger partial charge in [-0.25, -0.2) is 0 Å². The first-order valence-electron chi connectivity index (χ1n) is 6.85. The zero-order valence-corrected chi connectivity index (χ0v) is 12.6. The Balaban J connectivity index is 2.04. The molecule has 104 valence electrons. The van der Waals surface area contributed by atoms with Crippen LogP contribution in [0.1, 0.15) is 36.0 Å². The summed E-state index contributed by atoms with van der Waals surface area (Å²) in [6.07, 6.45) is 4.75. The van der Waals surface area contributed by atoms with E-state index in [0.29, 0.717) is 19.1 Å². The number of aliphatic hydroxyl groups is 1. The van der Waals surface area contributed by atoms with Crippen LogP contribution in [0, 0.1) is 0 Å². The lowest BCUT2D eigenvalue weighted by Crippen LogP contribution is -2.39. The Bertz CT molecular complexity index is 430. The van der Waals surface area contributed by atoms with Gasteiger partial charge in [-0.2, -0.15) is 0 Å². The van der Waals surface area contributed by atoms with Crippen molar-refractivity contribution in [1.82, 2.24) is 4.90 Å². The molecule has 1 aliphatic carbocycles. The van der Waals surface area contributed by atoms with Crippen LogP contribution in [0.15, 0.2) is 28.7 Å². The SMILES string of the molecule is O=C(CN(CCO)C1CCCC1)c1ccccc1Br. The fourth-order valence-electron chi connectivity index (χ4n) is 2.75. The third-order valence-electron chi connectivity index (χ3n) is 3.75. The van der Waals surface area contributed by atoms with E-state index in [2.05, 4.69) is 20.8 Å². The summed E-state index contributed by atoms with van der Waals surface area (Å²) < 4.78 is 0.843. The lowest BCUT2D eigenvalue weighted by Gasteiger charge is -2.27. The van der Waals surface area contributed by atoms with Gasteiger partial charge in [-0.1, -0.05) is 47.0 Å². The van der Waals surface area contributed by atoms with Gasteiger partial charge in [-0.15, -0.1) is 0 Å². The fraction of sp³-hybridized carbons (Fsp3) is 0.533. The number of carbonyl (C=O) groups is 1. The highest BCUT2D eigenvalue weighted by Crippen LogP contribution is 2.24. The third kappa shape index (κ3) is 3.88. The van der Waals surface area contributed by atoms with Crippen molar-refractivity contribution in [3.05, 3.63) is 34.3 Å². The van der Waals surface area contributed by atoms with Crippen LogP contribution < -0.4 is 0 Å². The maximum Gasteiger partial charge on any atom is 0.177 e. The summed E-state index contributed by atoms with van der Waals surface area (Å²) in [5, 5.41) is 9.17. The summed E-state index contributed by atoms with van der Waals surface area (Å²) in [5.41, 5.74) is 0.725. The van der Waals surface area contributed by atoms with E-state index < -0.39 is 0 Å². The van der Waals surface area contributed by atoms with Crippen molar-refractivity contribution in [2.75, 3.05) is 19.7 Å². The number of hydrogen-bond acceptors (Lipinski definition) is 3. The molecule has 1 aromatic carbocycles. The molecule has 0 saturated heterocycles. The highest BCUT2D eigenvalue weighted by Gasteiger charge is 2.24. The zero-order chi connectivity index (χ0) is 13.7. The number of benzene rings is 1. The molecule has 0 amide bonds. The molecule has 0 unspecified atom stereocenters. The van der Waals surface area contributed by atoms with Gasteiger partial charge in [-0.05, 0) is 18.9 Å². The molecule has 0 radical (unpaired) electrons. The highest BCUT2D eigenvalue weighted by atomic mass is 79.9. The second kappa shape index (κ2) is 7.17. The molecular formula is C15H20BrNO2. The molecule has 1 aromatic rings. The standard InChI is InChI=1S/C15H20BrNO2/c16-14-8-4-3-7-13(14)15(19)11-17(9-10-18)12-5-1-2-6-12/h3-4,7-8,12,18H,1-2,5-6,9-11H2. The number of aliphatic hydroxyl groups excluding tert-OH is 1. The van der Waals surface area contributed by atoms with Gasteiger partial charge in [0.2, 0.25) is 0 Å². The summed E-state index contributed by atoms with van der Waals surface area (Å²) in [5.74, 6) is 0.118. The van der Waals surface area contributed by atoms with Crippen molar-refractivity contribution in [2.24, 2.45) is 0 Å². The van der Waals surface area contributed by atoms with E-state index in [1.165, 1.54) is 12.8 Å². The Morgan fingerprint density at radius 2 is 2.00 bits per heavy atom. The van der Waals surface area contributed by atoms with Crippen LogP contribution in [-0.4, -0.2) is 41.5 Å². The minimum absolute atomic E-state index is 0.111. The Kier molecular flexibility index (Phi) is 5.55. The van der Waals surface area contributed by atoms with Crippen LogP contribution in [0.2, 0.25) is 0 Å². The summed E-state index contributed by atoms with van der Waals surface area (Å²) in [7, 11) is 0. The average molecular weight is 326 g/mol. The lowest BCUT2D eigenvalue weighted by molar-refractivity contribution is 0.0862. The first-order valence-corrected chi connectivity index (χ1v) is 7.64. The Labute approximate surface area is 122 Å². The van der Waals surface area contributed by atoms with Crippen LogP contribution in [0.4, 0.5) is 0 Å². The monoisotopic (exact) mass is 325 g/mol. The maximum atomic E-state index is 12.4. The van der Waals surface area contributed by atoms with Crippen LogP contribution in [0.5, 0.6) is 0 Å². The minimum atomic E-state index is 0.111. The summed E-state index contributed by atoms with van der Waals surface area (Å²) in [6, 6.07) is 7.98. The molecule has 0 aromatic heterocycles. The first-order chi connectivity index (χ1) is 9.22. The lowest BCUT2D eigenvalue weighted by atomic mass is 10.1. The van der Waals surface area contributed by atoms with E-state index in [1.807, 2.05) is 24.3 Å². The van der Waals surface area contributed by atoms with E-state index in [4.69, 9.17) is 0 Å². The molecular weight excluding hydrogens is 306 g/mol. The molecule has 0 heterocycles. The van der Waals surface area contributed by atoms with Gasteiger partial charge in [0, 0.05) is 22.6 Å². The fourth-order valence-corrected chi connectivity index (χ4v) is 3.25. The average Bonchev–Trinajstić information content (AvgIpc) is 2.92. The van der Waals surface area contributed by atoms with E-state index in [1.54, 1.807) is 0 Å². The van der Waals surface area contributed by atoms with Crippen molar-refractivity contribution in [2.45, 2.75) is 31.7 Å². The van der Waals surface area contributed by atoms with Gasteiger partial charge in [-0.3, -0.25) is 9.69 Å². The smallest absolute Gasteiger partial charge is 0.177 e. The summed E-state index contributed by atoms with van der Waals surface area (Å²) in [6.45, 7) is 1.09. The predicted octanol–water partition coefficient (Wildman–Crippen LogP) is 2.87. The molecule has 3 nitrogen and oxygen atoms in total. The first kappa shape index (κ1) is 14.7. The van der Waals surface area contributed by atoms with Crippen LogP contribution in [-0.2, 0) is 0 Å². The van der Waals surface area contributed by atoms with Crippen molar-refractivity contribution >= 4 is 21.7 Å². The predicted molar refractivity (Wildman–Crippen MR) is 79.4 cm³/mol. The highest BCUT2D eigenvalue weighted by molar-refractivity contribution is 9.10. The molecule has 0 spiro atoms. The van der Waals surface area contributed by atoms with Crippen LogP contribution >= 0.6 is 15.9 Å². The summed E-state index contributed by atoms with van der Waals surface area (Å²) in [4.78, 5) is 14.5. The molecule has 4 heteroatoms. The zero-order valence-electron chi connectivity index (χ0n) is 11.0. The van der Waals surface area contributed by atoms with Gasteiger partial charge in [0.15, 0.2) is 5.78 Å². The largest absolute Gasteiger partial charge is 0.395 e. The summed E-state index contributed by atoms with van der Waals surface area (Å²) >= 11 is 3.42. The Hall–Kier alpha value is -0.710. The molecule has 0 aliphatic heterocycles. The Morgan fingerprint density at radius 1 is 1.32 bits per heavy atom. The van der Waals surface area contributed by atoms with E-state index >= 15 is 0 Å². The van der Waals surface area contributed by atoms with Crippen molar-refractivity contribution in [3.63, 3.8) is 0 Å². The molecule has 19 heavy (non-hydrogen) atoms. The van der Waals surface area contributed by atoms with Gasteiger partial charge in [0.05, 0.1) is 13.2 Å². The number of ketones is 1. The number of halogens is 1. The van der Waals surface area contributed by atoms with Crippen molar-refractivity contribution in [1.29, 1.82) is 0 Å². The molecule has 1 aliphatic rings. The van der Waals surface area contributed by atoms with E-state index in [-0.39, 0.29) is 12.4 Å². The van der Waals surface area contributed by atoms with Crippen molar-refractivity contribution < 1.29 is 9.90 Å². The molecule has 2 rings (SSSR count). The quantitative estimate of drug-likeness (QED) is 0.817. The van der Waals surface area contributed by atoms with Crippen molar-refractivity contribution in [3.8, 4) is 0 Å². The Morgan fingerprint density at radius 3 is 2.63 bits per heavy atom. The number of hydrogen-bond donors (Lipinski definition) is 1. The van der Waals surface area contributed by atoms with E-state index in [0.717, 1.165) is 22.9 Å². The molecule has 0 atom stereocenters. The van der Waals surface area contributed by atoms with Gasteiger partial charge >= 0.3 is 0 Å². The van der Waals surface area contributed by atoms with Gasteiger partial charge in [0.1, 0.15) is 0 Å². The second-order valence-electron chi connectivity index (χ2n) is 5.04. The molecule has 1 N–H and O–H groups in total. The topological polar surface area (TPSA) is 40.5 Å². The minimum Gasteiger partial charge on any atom is -0.395 e. The molecule has 1 saturated carbocycles. The maximum absolute atomic E-state index is 12.4. The second-order valence-corrected chi connectivity index (χ2v) is 5.89. The molecule has 0 bridgehead atoms. The van der Waals surface area contributed by atoms with Crippen LogP contribution in [0.3, 0.4) is 0 Å². The normalized spacial score (nSPS) is 16.2. The third-order valence-corrected chi connectivity index (χ3v) is 4.44. The molecule has 1 fully saturated rings. The van der Waals surface area contributed by atoms with Crippen LogP contribution in [0.25, 0.3) is 0 Å². The van der Waals surface area contributed by atoms with Gasteiger partial charge < -0.3 is 5.11 Å². The van der Waals surface area contributed by atoms with E-state index in [9.17, 15) is 9.90 Å². The number of nitrogens with zero attached hydrogens (tertiary/aromatic N) is 1.